The number of para-hydroxylation sites is 3. The van der Waals surface area contributed by atoms with Crippen LogP contribution in [0.2, 0.25) is 0 Å². The SMILES string of the molecule is c1ccc(-c2nc(-n3c4c(ccc5oc6ccccc6c54)c4ccc5c6ccccc6n(-c6ccccc6)c5c43)nc3c2ccc2ccccc23)cc1. The van der Waals surface area contributed by atoms with Crippen LogP contribution in [-0.2, 0) is 0 Å². The Morgan fingerprint density at radius 2 is 1.02 bits per heavy atom. The zero-order valence-electron chi connectivity index (χ0n) is 28.4. The van der Waals surface area contributed by atoms with Crippen LogP contribution in [0, 0.1) is 0 Å². The summed E-state index contributed by atoms with van der Waals surface area (Å²) in [6.45, 7) is 0. The van der Waals surface area contributed by atoms with Crippen LogP contribution in [-0.4, -0.2) is 19.1 Å². The van der Waals surface area contributed by atoms with Crippen LogP contribution < -0.4 is 0 Å². The predicted octanol–water partition coefficient (Wildman–Crippen LogP) is 12.5. The summed E-state index contributed by atoms with van der Waals surface area (Å²) < 4.78 is 11.3. The molecule has 246 valence electrons. The molecular formula is C48H28N4O. The molecule has 12 aromatic rings. The molecule has 0 fully saturated rings. The van der Waals surface area contributed by atoms with Crippen molar-refractivity contribution in [2.75, 3.05) is 0 Å². The number of furan rings is 1. The summed E-state index contributed by atoms with van der Waals surface area (Å²) in [6.07, 6.45) is 0. The highest BCUT2D eigenvalue weighted by molar-refractivity contribution is 6.29. The lowest BCUT2D eigenvalue weighted by atomic mass is 10.0. The third-order valence-electron chi connectivity index (χ3n) is 10.9. The van der Waals surface area contributed by atoms with Crippen molar-refractivity contribution in [2.45, 2.75) is 0 Å². The number of nitrogens with zero attached hydrogens (tertiary/aromatic N) is 4. The fourth-order valence-corrected chi connectivity index (χ4v) is 8.66. The molecule has 4 heterocycles. The number of hydrogen-bond donors (Lipinski definition) is 0. The van der Waals surface area contributed by atoms with Gasteiger partial charge in [-0.2, -0.15) is 0 Å². The summed E-state index contributed by atoms with van der Waals surface area (Å²) >= 11 is 0. The quantitative estimate of drug-likeness (QED) is 0.175. The first-order chi connectivity index (χ1) is 26.3. The molecule has 5 nitrogen and oxygen atoms in total. The van der Waals surface area contributed by atoms with Gasteiger partial charge in [-0.15, -0.1) is 0 Å². The van der Waals surface area contributed by atoms with E-state index >= 15 is 0 Å². The lowest BCUT2D eigenvalue weighted by molar-refractivity contribution is 0.669. The Bertz CT molecular complexity index is 3450. The average Bonchev–Trinajstić information content (AvgIpc) is 3.88. The Morgan fingerprint density at radius 1 is 0.396 bits per heavy atom. The van der Waals surface area contributed by atoms with Crippen LogP contribution in [0.4, 0.5) is 0 Å². The molecule has 4 aromatic heterocycles. The topological polar surface area (TPSA) is 48.8 Å². The van der Waals surface area contributed by atoms with E-state index in [9.17, 15) is 0 Å². The van der Waals surface area contributed by atoms with E-state index < -0.39 is 0 Å². The molecule has 8 aromatic carbocycles. The Balaban J connectivity index is 1.37. The summed E-state index contributed by atoms with van der Waals surface area (Å²) in [5, 5.41) is 9.97. The van der Waals surface area contributed by atoms with Gasteiger partial charge in [-0.05, 0) is 47.9 Å². The molecule has 12 rings (SSSR count). The normalized spacial score (nSPS) is 12.2. The van der Waals surface area contributed by atoms with Crippen LogP contribution in [0.25, 0.3) is 110 Å². The van der Waals surface area contributed by atoms with Crippen molar-refractivity contribution in [3.63, 3.8) is 0 Å². The first kappa shape index (κ1) is 28.5. The predicted molar refractivity (Wildman–Crippen MR) is 218 cm³/mol. The van der Waals surface area contributed by atoms with Gasteiger partial charge >= 0.3 is 0 Å². The molecule has 0 aliphatic heterocycles. The Labute approximate surface area is 302 Å². The molecule has 0 spiro atoms. The summed E-state index contributed by atoms with van der Waals surface area (Å²) in [4.78, 5) is 11.1. The molecule has 0 aliphatic rings. The highest BCUT2D eigenvalue weighted by Crippen LogP contribution is 2.45. The summed E-state index contributed by atoms with van der Waals surface area (Å²) in [7, 11) is 0. The van der Waals surface area contributed by atoms with Gasteiger partial charge in [0.25, 0.3) is 0 Å². The van der Waals surface area contributed by atoms with Crippen molar-refractivity contribution >= 4 is 87.2 Å². The van der Waals surface area contributed by atoms with Crippen molar-refractivity contribution in [3.8, 4) is 22.9 Å². The van der Waals surface area contributed by atoms with Gasteiger partial charge < -0.3 is 8.98 Å². The van der Waals surface area contributed by atoms with Crippen molar-refractivity contribution in [1.29, 1.82) is 0 Å². The van der Waals surface area contributed by atoms with E-state index in [0.717, 1.165) is 93.4 Å². The lowest BCUT2D eigenvalue weighted by Crippen LogP contribution is -2.05. The van der Waals surface area contributed by atoms with Gasteiger partial charge in [0, 0.05) is 49.0 Å². The van der Waals surface area contributed by atoms with E-state index in [1.165, 1.54) is 10.8 Å². The fraction of sp³-hybridized carbons (Fsp3) is 0. The molecule has 0 saturated carbocycles. The molecule has 5 heteroatoms. The number of fused-ring (bicyclic) bond motifs is 14. The molecule has 0 unspecified atom stereocenters. The largest absolute Gasteiger partial charge is 0.456 e. The van der Waals surface area contributed by atoms with Crippen LogP contribution in [0.3, 0.4) is 0 Å². The highest BCUT2D eigenvalue weighted by Gasteiger charge is 2.26. The monoisotopic (exact) mass is 676 g/mol. The molecule has 0 atom stereocenters. The van der Waals surface area contributed by atoms with Gasteiger partial charge in [-0.1, -0.05) is 127 Å². The summed E-state index contributed by atoms with van der Waals surface area (Å²) in [5.74, 6) is 0.614. The van der Waals surface area contributed by atoms with E-state index in [1.54, 1.807) is 0 Å². The zero-order valence-corrected chi connectivity index (χ0v) is 28.4. The molecule has 0 amide bonds. The number of rotatable bonds is 3. The number of benzene rings is 8. The molecule has 0 bridgehead atoms. The van der Waals surface area contributed by atoms with Gasteiger partial charge in [0.15, 0.2) is 0 Å². The molecule has 0 radical (unpaired) electrons. The maximum Gasteiger partial charge on any atom is 0.235 e. The van der Waals surface area contributed by atoms with E-state index in [-0.39, 0.29) is 0 Å². The van der Waals surface area contributed by atoms with Crippen molar-refractivity contribution in [1.82, 2.24) is 19.1 Å². The van der Waals surface area contributed by atoms with E-state index in [2.05, 4.69) is 167 Å². The van der Waals surface area contributed by atoms with Crippen LogP contribution >= 0.6 is 0 Å². The van der Waals surface area contributed by atoms with Crippen LogP contribution in [0.5, 0.6) is 0 Å². The molecular weight excluding hydrogens is 649 g/mol. The van der Waals surface area contributed by atoms with E-state index in [4.69, 9.17) is 14.4 Å². The van der Waals surface area contributed by atoms with Gasteiger partial charge in [-0.3, -0.25) is 4.57 Å². The molecule has 0 aliphatic carbocycles. The Hall–Kier alpha value is -7.24. The van der Waals surface area contributed by atoms with Crippen LogP contribution in [0.1, 0.15) is 0 Å². The van der Waals surface area contributed by atoms with E-state index in [0.29, 0.717) is 5.95 Å². The minimum Gasteiger partial charge on any atom is -0.456 e. The second kappa shape index (κ2) is 10.6. The van der Waals surface area contributed by atoms with Gasteiger partial charge in [0.2, 0.25) is 5.95 Å². The zero-order chi connectivity index (χ0) is 34.6. The number of aromatic nitrogens is 4. The summed E-state index contributed by atoms with van der Waals surface area (Å²) in [5.41, 5.74) is 9.96. The van der Waals surface area contributed by atoms with Gasteiger partial charge in [0.05, 0.1) is 38.7 Å². The highest BCUT2D eigenvalue weighted by atomic mass is 16.3. The molecule has 0 saturated heterocycles. The number of hydrogen-bond acceptors (Lipinski definition) is 3. The second-order valence-electron chi connectivity index (χ2n) is 13.7. The molecule has 53 heavy (non-hydrogen) atoms. The summed E-state index contributed by atoms with van der Waals surface area (Å²) in [6, 6.07) is 59.9. The second-order valence-corrected chi connectivity index (χ2v) is 13.7. The Morgan fingerprint density at radius 3 is 1.87 bits per heavy atom. The first-order valence-electron chi connectivity index (χ1n) is 17.9. The maximum absolute atomic E-state index is 6.54. The van der Waals surface area contributed by atoms with Crippen molar-refractivity contribution in [2.24, 2.45) is 0 Å². The maximum atomic E-state index is 6.54. The van der Waals surface area contributed by atoms with Crippen molar-refractivity contribution in [3.05, 3.63) is 170 Å². The smallest absolute Gasteiger partial charge is 0.235 e. The minimum atomic E-state index is 0.614. The van der Waals surface area contributed by atoms with Crippen LogP contribution in [0.15, 0.2) is 174 Å². The lowest BCUT2D eigenvalue weighted by Gasteiger charge is -2.15. The fourth-order valence-electron chi connectivity index (χ4n) is 8.66. The average molecular weight is 677 g/mol. The van der Waals surface area contributed by atoms with E-state index in [1.807, 2.05) is 12.1 Å². The first-order valence-corrected chi connectivity index (χ1v) is 17.9. The standard InChI is InChI=1S/C48H28N4O/c1-3-14-30(15-4-1)43-38-24-23-29-13-7-8-18-32(29)44(38)50-48(49-43)52-45-35(27-28-41-42(45)37-20-10-12-22-40(37)53-41)36-26-25-34-33-19-9-11-21-39(33)51(46(34)47(36)52)31-16-5-2-6-17-31/h1-28H. The molecule has 0 N–H and O–H groups in total. The third-order valence-corrected chi connectivity index (χ3v) is 10.9. The third kappa shape index (κ3) is 3.91. The van der Waals surface area contributed by atoms with Crippen molar-refractivity contribution < 1.29 is 4.42 Å². The van der Waals surface area contributed by atoms with Gasteiger partial charge in [0.1, 0.15) is 11.2 Å². The minimum absolute atomic E-state index is 0.614. The van der Waals surface area contributed by atoms with Gasteiger partial charge in [-0.25, -0.2) is 9.97 Å². The Kier molecular flexibility index (Phi) is 5.71.